The number of aliphatic hydroxyl groups is 1. The second-order valence-corrected chi connectivity index (χ2v) is 4.95. The first-order chi connectivity index (χ1) is 7.80. The molecule has 0 saturated carbocycles. The number of nitrogens with zero attached hydrogens (tertiary/aromatic N) is 2. The molecule has 0 spiro atoms. The Morgan fingerprint density at radius 2 is 1.94 bits per heavy atom. The average Bonchev–Trinajstić information content (AvgIpc) is 2.17. The Hall–Kier alpha value is -1.26. The fourth-order valence-electron chi connectivity index (χ4n) is 1.84. The Bertz CT molecular complexity index is 593. The molecular formula is C12H12ClFN2O. The number of halogens is 2. The monoisotopic (exact) mass is 254 g/mol. The van der Waals surface area contributed by atoms with Gasteiger partial charge < -0.3 is 5.11 Å². The third kappa shape index (κ3) is 2.10. The molecule has 5 heteroatoms. The zero-order valence-electron chi connectivity index (χ0n) is 9.75. The van der Waals surface area contributed by atoms with Gasteiger partial charge in [-0.3, -0.25) is 0 Å². The molecule has 0 aliphatic rings. The predicted molar refractivity (Wildman–Crippen MR) is 64.5 cm³/mol. The summed E-state index contributed by atoms with van der Waals surface area (Å²) in [7, 11) is 0. The fourth-order valence-corrected chi connectivity index (χ4v) is 2.04. The molecule has 0 bridgehead atoms. The summed E-state index contributed by atoms with van der Waals surface area (Å²) in [6, 6.07) is 2.82. The van der Waals surface area contributed by atoms with Crippen LogP contribution in [0.3, 0.4) is 0 Å². The van der Waals surface area contributed by atoms with Gasteiger partial charge in [-0.1, -0.05) is 11.6 Å². The van der Waals surface area contributed by atoms with Crippen molar-refractivity contribution in [2.45, 2.75) is 26.4 Å². The van der Waals surface area contributed by atoms with E-state index >= 15 is 0 Å². The van der Waals surface area contributed by atoms with Crippen LogP contribution in [0.25, 0.3) is 10.9 Å². The SMILES string of the molecule is Cc1c(C(C)(C)O)nnc2c(F)cc(Cl)cc12. The van der Waals surface area contributed by atoms with Gasteiger partial charge in [0.1, 0.15) is 11.1 Å². The minimum atomic E-state index is -1.12. The summed E-state index contributed by atoms with van der Waals surface area (Å²) >= 11 is 5.81. The molecule has 0 aliphatic carbocycles. The summed E-state index contributed by atoms with van der Waals surface area (Å²) in [4.78, 5) is 0. The fraction of sp³-hybridized carbons (Fsp3) is 0.333. The van der Waals surface area contributed by atoms with E-state index < -0.39 is 11.4 Å². The summed E-state index contributed by atoms with van der Waals surface area (Å²) in [6.07, 6.45) is 0. The van der Waals surface area contributed by atoms with Crippen LogP contribution < -0.4 is 0 Å². The van der Waals surface area contributed by atoms with Crippen LogP contribution in [0, 0.1) is 12.7 Å². The van der Waals surface area contributed by atoms with Crippen LogP contribution in [0.4, 0.5) is 4.39 Å². The second-order valence-electron chi connectivity index (χ2n) is 4.52. The van der Waals surface area contributed by atoms with Crippen molar-refractivity contribution in [1.82, 2.24) is 10.2 Å². The molecule has 0 aliphatic heterocycles. The zero-order valence-corrected chi connectivity index (χ0v) is 10.5. The molecule has 0 amide bonds. The van der Waals surface area contributed by atoms with Crippen molar-refractivity contribution < 1.29 is 9.50 Å². The lowest BCUT2D eigenvalue weighted by molar-refractivity contribution is 0.0723. The Morgan fingerprint density at radius 1 is 1.29 bits per heavy atom. The Balaban J connectivity index is 2.84. The van der Waals surface area contributed by atoms with Crippen molar-refractivity contribution in [3.63, 3.8) is 0 Å². The summed E-state index contributed by atoms with van der Waals surface area (Å²) in [6.45, 7) is 4.98. The molecule has 1 aromatic heterocycles. The summed E-state index contributed by atoms with van der Waals surface area (Å²) < 4.78 is 13.6. The number of fused-ring (bicyclic) bond motifs is 1. The normalized spacial score (nSPS) is 12.1. The lowest BCUT2D eigenvalue weighted by atomic mass is 9.98. The highest BCUT2D eigenvalue weighted by Crippen LogP contribution is 2.29. The van der Waals surface area contributed by atoms with Crippen LogP contribution in [0.2, 0.25) is 5.02 Å². The highest BCUT2D eigenvalue weighted by Gasteiger charge is 2.23. The molecule has 0 saturated heterocycles. The summed E-state index contributed by atoms with van der Waals surface area (Å²) in [5.74, 6) is -0.509. The number of rotatable bonds is 1. The first kappa shape index (κ1) is 12.2. The van der Waals surface area contributed by atoms with Crippen molar-refractivity contribution in [1.29, 1.82) is 0 Å². The van der Waals surface area contributed by atoms with Gasteiger partial charge in [0.2, 0.25) is 0 Å². The van der Waals surface area contributed by atoms with Crippen molar-refractivity contribution >= 4 is 22.5 Å². The first-order valence-electron chi connectivity index (χ1n) is 5.15. The second kappa shape index (κ2) is 3.89. The van der Waals surface area contributed by atoms with Crippen LogP contribution >= 0.6 is 11.6 Å². The zero-order chi connectivity index (χ0) is 12.8. The van der Waals surface area contributed by atoms with E-state index in [0.29, 0.717) is 21.7 Å². The predicted octanol–water partition coefficient (Wildman–Crippen LogP) is 2.96. The maximum atomic E-state index is 13.6. The molecule has 0 unspecified atom stereocenters. The summed E-state index contributed by atoms with van der Waals surface area (Å²) in [5, 5.41) is 18.5. The first-order valence-corrected chi connectivity index (χ1v) is 5.53. The van der Waals surface area contributed by atoms with Gasteiger partial charge in [0.05, 0.1) is 5.69 Å². The van der Waals surface area contributed by atoms with E-state index in [0.717, 1.165) is 0 Å². The topological polar surface area (TPSA) is 46.0 Å². The van der Waals surface area contributed by atoms with Crippen molar-refractivity contribution in [2.75, 3.05) is 0 Å². The largest absolute Gasteiger partial charge is 0.384 e. The molecule has 1 N–H and O–H groups in total. The lowest BCUT2D eigenvalue weighted by Crippen LogP contribution is -2.20. The Kier molecular flexibility index (Phi) is 2.79. The Morgan fingerprint density at radius 3 is 2.53 bits per heavy atom. The van der Waals surface area contributed by atoms with E-state index in [1.165, 1.54) is 6.07 Å². The number of aromatic nitrogens is 2. The van der Waals surface area contributed by atoms with Gasteiger partial charge in [0.25, 0.3) is 0 Å². The van der Waals surface area contributed by atoms with Crippen LogP contribution in [-0.4, -0.2) is 15.3 Å². The average molecular weight is 255 g/mol. The van der Waals surface area contributed by atoms with E-state index in [2.05, 4.69) is 10.2 Å². The van der Waals surface area contributed by atoms with Gasteiger partial charge >= 0.3 is 0 Å². The molecule has 3 nitrogen and oxygen atoms in total. The van der Waals surface area contributed by atoms with E-state index in [4.69, 9.17) is 11.6 Å². The number of hydrogen-bond acceptors (Lipinski definition) is 3. The molecule has 1 aromatic carbocycles. The Labute approximate surface area is 103 Å². The van der Waals surface area contributed by atoms with Gasteiger partial charge in [0, 0.05) is 10.4 Å². The molecule has 1 heterocycles. The minimum Gasteiger partial charge on any atom is -0.384 e. The van der Waals surface area contributed by atoms with Crippen LogP contribution in [-0.2, 0) is 5.60 Å². The van der Waals surface area contributed by atoms with E-state index in [9.17, 15) is 9.50 Å². The van der Waals surface area contributed by atoms with Crippen molar-refractivity contribution in [2.24, 2.45) is 0 Å². The third-order valence-corrected chi connectivity index (χ3v) is 2.84. The van der Waals surface area contributed by atoms with Crippen LogP contribution in [0.5, 0.6) is 0 Å². The molecule has 2 aromatic rings. The van der Waals surface area contributed by atoms with E-state index in [-0.39, 0.29) is 5.52 Å². The highest BCUT2D eigenvalue weighted by molar-refractivity contribution is 6.31. The standard InChI is InChI=1S/C12H12ClFN2O/c1-6-8-4-7(13)5-9(14)10(8)15-16-11(6)12(2,3)17/h4-5,17H,1-3H3. The molecule has 0 atom stereocenters. The van der Waals surface area contributed by atoms with E-state index in [1.807, 2.05) is 0 Å². The molecule has 0 radical (unpaired) electrons. The molecule has 2 rings (SSSR count). The van der Waals surface area contributed by atoms with Gasteiger partial charge in [-0.05, 0) is 38.5 Å². The lowest BCUT2D eigenvalue weighted by Gasteiger charge is -2.19. The van der Waals surface area contributed by atoms with Crippen LogP contribution in [0.1, 0.15) is 25.1 Å². The molecule has 0 fully saturated rings. The molecule has 90 valence electrons. The smallest absolute Gasteiger partial charge is 0.152 e. The highest BCUT2D eigenvalue weighted by atomic mass is 35.5. The summed E-state index contributed by atoms with van der Waals surface area (Å²) in [5.41, 5.74) is 0.153. The number of benzene rings is 1. The van der Waals surface area contributed by atoms with Crippen molar-refractivity contribution in [3.05, 3.63) is 34.2 Å². The quantitative estimate of drug-likeness (QED) is 0.851. The van der Waals surface area contributed by atoms with Gasteiger partial charge in [-0.15, -0.1) is 5.10 Å². The van der Waals surface area contributed by atoms with Gasteiger partial charge in [-0.2, -0.15) is 5.10 Å². The number of aryl methyl sites for hydroxylation is 1. The minimum absolute atomic E-state index is 0.167. The van der Waals surface area contributed by atoms with E-state index in [1.54, 1.807) is 26.8 Å². The van der Waals surface area contributed by atoms with Crippen molar-refractivity contribution in [3.8, 4) is 0 Å². The molecular weight excluding hydrogens is 243 g/mol. The third-order valence-electron chi connectivity index (χ3n) is 2.62. The maximum Gasteiger partial charge on any atom is 0.152 e. The van der Waals surface area contributed by atoms with Crippen LogP contribution in [0.15, 0.2) is 12.1 Å². The number of hydrogen-bond donors (Lipinski definition) is 1. The van der Waals surface area contributed by atoms with Gasteiger partial charge in [-0.25, -0.2) is 4.39 Å². The molecule has 17 heavy (non-hydrogen) atoms. The van der Waals surface area contributed by atoms with Gasteiger partial charge in [0.15, 0.2) is 5.82 Å². The maximum absolute atomic E-state index is 13.6.